The molecule has 39 heavy (non-hydrogen) atoms. The van der Waals surface area contributed by atoms with Crippen molar-refractivity contribution in [3.63, 3.8) is 0 Å². The van der Waals surface area contributed by atoms with E-state index in [1.807, 2.05) is 24.3 Å². The summed E-state index contributed by atoms with van der Waals surface area (Å²) in [7, 11) is -3.84. The molecule has 4 bridgehead atoms. The van der Waals surface area contributed by atoms with Gasteiger partial charge >= 0.3 is 0 Å². The van der Waals surface area contributed by atoms with Crippen molar-refractivity contribution < 1.29 is 27.6 Å². The first-order valence-electron chi connectivity index (χ1n) is 13.4. The molecule has 9 heteroatoms. The lowest BCUT2D eigenvalue weighted by Gasteiger charge is -2.19. The minimum atomic E-state index is -3.84. The van der Waals surface area contributed by atoms with E-state index in [1.165, 1.54) is 34.1 Å². The number of nitrogens with zero attached hydrogens (tertiary/aromatic N) is 2. The Kier molecular flexibility index (Phi) is 3.85. The Morgan fingerprint density at radius 2 is 0.872 bits per heavy atom. The minimum Gasteiger partial charge on any atom is -0.274 e. The standard InChI is InChI=1S/C30H22N2O6S/c33-27-23-13-1-2-14(9-13)24(23)28(34)31(27)17-5-7-21-19(11-17)20-12-18(6-8-22(20)39(21,37)38)32-29(35)25-15-3-4-16(10-15)26(25)30(32)36/h1-8,11-16,23-26H,9-10H2/t13-,14+,15-,16+,23-,24-,25-,26+/m0/s1. The van der Waals surface area contributed by atoms with Crippen molar-refractivity contribution in [2.75, 3.05) is 9.80 Å². The molecule has 0 unspecified atom stereocenters. The predicted molar refractivity (Wildman–Crippen MR) is 138 cm³/mol. The largest absolute Gasteiger partial charge is 0.274 e. The van der Waals surface area contributed by atoms with E-state index in [1.54, 1.807) is 12.1 Å². The van der Waals surface area contributed by atoms with Gasteiger partial charge in [0.2, 0.25) is 33.5 Å². The van der Waals surface area contributed by atoms with Gasteiger partial charge in [0.25, 0.3) is 0 Å². The van der Waals surface area contributed by atoms with Crippen LogP contribution in [0.2, 0.25) is 0 Å². The molecular weight excluding hydrogens is 516 g/mol. The van der Waals surface area contributed by atoms with E-state index >= 15 is 0 Å². The fourth-order valence-electron chi connectivity index (χ4n) is 8.64. The van der Waals surface area contributed by atoms with E-state index in [-0.39, 0.29) is 80.8 Å². The van der Waals surface area contributed by atoms with Crippen molar-refractivity contribution in [2.24, 2.45) is 47.3 Å². The van der Waals surface area contributed by atoms with Gasteiger partial charge < -0.3 is 0 Å². The monoisotopic (exact) mass is 538 g/mol. The van der Waals surface area contributed by atoms with Gasteiger partial charge in [-0.25, -0.2) is 18.2 Å². The number of carbonyl (C=O) groups excluding carboxylic acids is 4. The molecule has 3 heterocycles. The molecule has 7 aliphatic rings. The number of sulfone groups is 1. The van der Waals surface area contributed by atoms with Crippen molar-refractivity contribution in [1.29, 1.82) is 0 Å². The first kappa shape index (κ1) is 22.0. The number of rotatable bonds is 2. The lowest BCUT2D eigenvalue weighted by molar-refractivity contribution is -0.124. The van der Waals surface area contributed by atoms with Crippen LogP contribution >= 0.6 is 0 Å². The molecule has 2 saturated heterocycles. The van der Waals surface area contributed by atoms with Gasteiger partial charge in [0.1, 0.15) is 0 Å². The normalized spacial score (nSPS) is 37.3. The van der Waals surface area contributed by atoms with Gasteiger partial charge in [-0.05, 0) is 72.9 Å². The molecule has 8 nitrogen and oxygen atoms in total. The Hall–Kier alpha value is -3.85. The molecule has 3 aliphatic heterocycles. The van der Waals surface area contributed by atoms with Crippen LogP contribution in [0.3, 0.4) is 0 Å². The van der Waals surface area contributed by atoms with E-state index < -0.39 is 9.84 Å². The minimum absolute atomic E-state index is 0.0694. The second-order valence-electron chi connectivity index (χ2n) is 11.9. The van der Waals surface area contributed by atoms with Crippen LogP contribution in [-0.4, -0.2) is 32.0 Å². The van der Waals surface area contributed by atoms with Gasteiger partial charge in [-0.1, -0.05) is 24.3 Å². The summed E-state index contributed by atoms with van der Waals surface area (Å²) in [5.74, 6) is -2.11. The first-order chi connectivity index (χ1) is 18.8. The van der Waals surface area contributed by atoms with Crippen LogP contribution in [0, 0.1) is 47.3 Å². The smallest absolute Gasteiger partial charge is 0.238 e. The zero-order chi connectivity index (χ0) is 26.5. The summed E-state index contributed by atoms with van der Waals surface area (Å²) in [5.41, 5.74) is 1.42. The van der Waals surface area contributed by atoms with E-state index in [4.69, 9.17) is 0 Å². The van der Waals surface area contributed by atoms with Crippen LogP contribution < -0.4 is 9.80 Å². The van der Waals surface area contributed by atoms with Crippen molar-refractivity contribution in [3.8, 4) is 11.1 Å². The average Bonchev–Trinajstić information content (AvgIpc) is 3.77. The summed E-state index contributed by atoms with van der Waals surface area (Å²) in [6, 6.07) is 9.10. The lowest BCUT2D eigenvalue weighted by Crippen LogP contribution is -2.33. The molecule has 9 rings (SSSR count). The second kappa shape index (κ2) is 6.83. The zero-order valence-electron chi connectivity index (χ0n) is 20.6. The third kappa shape index (κ3) is 2.45. The van der Waals surface area contributed by atoms with E-state index in [9.17, 15) is 27.6 Å². The molecule has 4 fully saturated rings. The number of anilines is 2. The highest BCUT2D eigenvalue weighted by Crippen LogP contribution is 2.56. The molecule has 2 aromatic carbocycles. The Morgan fingerprint density at radius 1 is 0.538 bits per heavy atom. The maximum atomic E-state index is 13.4. The van der Waals surface area contributed by atoms with Crippen LogP contribution in [0.1, 0.15) is 12.8 Å². The van der Waals surface area contributed by atoms with Crippen molar-refractivity contribution in [2.45, 2.75) is 22.6 Å². The van der Waals surface area contributed by atoms with Gasteiger partial charge in [0, 0.05) is 11.1 Å². The Morgan fingerprint density at radius 3 is 1.21 bits per heavy atom. The first-order valence-corrected chi connectivity index (χ1v) is 14.9. The fraction of sp³-hybridized carbons (Fsp3) is 0.333. The quantitative estimate of drug-likeness (QED) is 0.366. The molecule has 8 atom stereocenters. The average molecular weight is 539 g/mol. The van der Waals surface area contributed by atoms with Crippen molar-refractivity contribution in [1.82, 2.24) is 0 Å². The van der Waals surface area contributed by atoms with Gasteiger partial charge in [0.15, 0.2) is 0 Å². The van der Waals surface area contributed by atoms with Gasteiger partial charge in [-0.3, -0.25) is 19.2 Å². The number of carbonyl (C=O) groups is 4. The number of amides is 4. The molecule has 194 valence electrons. The van der Waals surface area contributed by atoms with Gasteiger partial charge in [-0.15, -0.1) is 0 Å². The summed E-state index contributed by atoms with van der Waals surface area (Å²) in [6.07, 6.45) is 9.78. The van der Waals surface area contributed by atoms with Crippen LogP contribution in [0.5, 0.6) is 0 Å². The number of hydrogen-bond donors (Lipinski definition) is 0. The number of allylic oxidation sites excluding steroid dienone is 4. The van der Waals surface area contributed by atoms with Crippen molar-refractivity contribution in [3.05, 3.63) is 60.7 Å². The molecule has 4 aliphatic carbocycles. The maximum Gasteiger partial charge on any atom is 0.238 e. The topological polar surface area (TPSA) is 109 Å². The number of hydrogen-bond acceptors (Lipinski definition) is 6. The maximum absolute atomic E-state index is 13.4. The highest BCUT2D eigenvalue weighted by molar-refractivity contribution is 7.92. The predicted octanol–water partition coefficient (Wildman–Crippen LogP) is 3.12. The Labute approximate surface area is 223 Å². The molecule has 0 spiro atoms. The van der Waals surface area contributed by atoms with Crippen LogP contribution in [0.4, 0.5) is 11.4 Å². The van der Waals surface area contributed by atoms with Crippen LogP contribution in [-0.2, 0) is 29.0 Å². The van der Waals surface area contributed by atoms with Crippen molar-refractivity contribution >= 4 is 44.8 Å². The highest BCUT2D eigenvalue weighted by atomic mass is 32.2. The summed E-state index contributed by atoms with van der Waals surface area (Å²) in [5, 5.41) is 0. The van der Waals surface area contributed by atoms with Gasteiger partial charge in [-0.2, -0.15) is 0 Å². The highest BCUT2D eigenvalue weighted by Gasteiger charge is 2.61. The third-order valence-corrected chi connectivity index (χ3v) is 12.1. The molecule has 4 amide bonds. The Balaban J connectivity index is 1.13. The second-order valence-corrected chi connectivity index (χ2v) is 13.8. The zero-order valence-corrected chi connectivity index (χ0v) is 21.4. The summed E-state index contributed by atoms with van der Waals surface area (Å²) in [6.45, 7) is 0. The number of benzene rings is 2. The Bertz CT molecular complexity index is 1610. The number of fused-ring (bicyclic) bond motifs is 13. The fourth-order valence-corrected chi connectivity index (χ4v) is 10.3. The van der Waals surface area contributed by atoms with Gasteiger partial charge in [0.05, 0.1) is 44.8 Å². The van der Waals surface area contributed by atoms with E-state index in [2.05, 4.69) is 0 Å². The summed E-state index contributed by atoms with van der Waals surface area (Å²) < 4.78 is 26.8. The molecule has 0 N–H and O–H groups in total. The molecular formula is C30H22N2O6S. The molecule has 2 saturated carbocycles. The molecule has 0 aromatic heterocycles. The lowest BCUT2D eigenvalue weighted by atomic mass is 9.85. The summed E-state index contributed by atoms with van der Waals surface area (Å²) >= 11 is 0. The molecule has 2 aromatic rings. The summed E-state index contributed by atoms with van der Waals surface area (Å²) in [4.78, 5) is 56.1. The van der Waals surface area contributed by atoms with E-state index in [0.29, 0.717) is 22.5 Å². The van der Waals surface area contributed by atoms with Crippen LogP contribution in [0.25, 0.3) is 11.1 Å². The van der Waals surface area contributed by atoms with E-state index in [0.717, 1.165) is 12.8 Å². The SMILES string of the molecule is O=C1[C@@H]2[C@@H](C(=O)N1c1ccc3c(c1)-c1cc(N4C(=O)[C@@H]5[C@H](C4=O)[C@@H]4C=C[C@H]5C4)ccc1S3(=O)=O)[C@H]1C=C[C@@H]2C1. The molecule has 0 radical (unpaired) electrons. The third-order valence-electron chi connectivity index (χ3n) is 10.3. The number of imide groups is 2. The van der Waals surface area contributed by atoms with Crippen LogP contribution in [0.15, 0.2) is 70.5 Å².